The summed E-state index contributed by atoms with van der Waals surface area (Å²) in [6, 6.07) is 11.5. The Bertz CT molecular complexity index is 769. The zero-order valence-corrected chi connectivity index (χ0v) is 12.1. The van der Waals surface area contributed by atoms with Crippen LogP contribution in [0.5, 0.6) is 11.5 Å². The second kappa shape index (κ2) is 4.77. The number of aryl methyl sites for hydroxylation is 1. The molecule has 2 aromatic rings. The maximum atomic E-state index is 12.7. The van der Waals surface area contributed by atoms with E-state index in [-0.39, 0.29) is 29.0 Å². The molecule has 0 saturated heterocycles. The molecule has 0 bridgehead atoms. The Kier molecular flexibility index (Phi) is 2.86. The lowest BCUT2D eigenvalue weighted by atomic mass is 9.87. The van der Waals surface area contributed by atoms with Crippen LogP contribution in [-0.2, 0) is 13.0 Å². The lowest BCUT2D eigenvalue weighted by Gasteiger charge is -2.33. The number of carbonyl (C=O) groups is 1. The Labute approximate surface area is 128 Å². The van der Waals surface area contributed by atoms with Crippen LogP contribution in [0, 0.1) is 0 Å². The number of hydrogen-bond donors (Lipinski definition) is 2. The highest BCUT2D eigenvalue weighted by atomic mass is 16.3. The minimum Gasteiger partial charge on any atom is -0.504 e. The van der Waals surface area contributed by atoms with Gasteiger partial charge in [-0.2, -0.15) is 0 Å². The van der Waals surface area contributed by atoms with Gasteiger partial charge in [-0.15, -0.1) is 0 Å². The fraction of sp³-hybridized carbons (Fsp3) is 0.278. The number of aromatic hydroxyl groups is 2. The van der Waals surface area contributed by atoms with Crippen LogP contribution in [0.1, 0.15) is 45.9 Å². The fourth-order valence-electron chi connectivity index (χ4n) is 3.70. The van der Waals surface area contributed by atoms with Gasteiger partial charge < -0.3 is 15.1 Å². The van der Waals surface area contributed by atoms with E-state index in [1.807, 2.05) is 17.0 Å². The minimum absolute atomic E-state index is 0.0476. The first kappa shape index (κ1) is 13.2. The molecule has 0 fully saturated rings. The number of fused-ring (bicyclic) bond motifs is 2. The quantitative estimate of drug-likeness (QED) is 0.795. The van der Waals surface area contributed by atoms with Crippen molar-refractivity contribution >= 4 is 5.91 Å². The third kappa shape index (κ3) is 1.80. The summed E-state index contributed by atoms with van der Waals surface area (Å²) in [6.45, 7) is 0.487. The zero-order chi connectivity index (χ0) is 15.3. The molecule has 1 heterocycles. The number of nitrogens with zero attached hydrogens (tertiary/aromatic N) is 1. The summed E-state index contributed by atoms with van der Waals surface area (Å²) in [6.07, 6.45) is 3.04. The second-order valence-corrected chi connectivity index (χ2v) is 6.01. The van der Waals surface area contributed by atoms with E-state index in [9.17, 15) is 15.0 Å². The van der Waals surface area contributed by atoms with Gasteiger partial charge >= 0.3 is 0 Å². The minimum atomic E-state index is -0.297. The molecule has 1 aliphatic heterocycles. The predicted molar refractivity (Wildman–Crippen MR) is 81.8 cm³/mol. The zero-order valence-electron chi connectivity index (χ0n) is 12.1. The van der Waals surface area contributed by atoms with E-state index < -0.39 is 0 Å². The third-order valence-corrected chi connectivity index (χ3v) is 4.77. The molecule has 2 aromatic carbocycles. The number of phenolic OH excluding ortho intramolecular Hbond substituents is 2. The van der Waals surface area contributed by atoms with Gasteiger partial charge in [0, 0.05) is 6.54 Å². The molecule has 0 saturated carbocycles. The smallest absolute Gasteiger partial charge is 0.258 e. The van der Waals surface area contributed by atoms with E-state index in [0.717, 1.165) is 24.8 Å². The Morgan fingerprint density at radius 3 is 2.73 bits per heavy atom. The summed E-state index contributed by atoms with van der Waals surface area (Å²) in [4.78, 5) is 14.6. The van der Waals surface area contributed by atoms with E-state index >= 15 is 0 Å². The van der Waals surface area contributed by atoms with Crippen LogP contribution < -0.4 is 0 Å². The Hall–Kier alpha value is -2.49. The second-order valence-electron chi connectivity index (χ2n) is 6.01. The van der Waals surface area contributed by atoms with Crippen molar-refractivity contribution in [3.63, 3.8) is 0 Å². The van der Waals surface area contributed by atoms with Gasteiger partial charge in [-0.3, -0.25) is 4.79 Å². The van der Waals surface area contributed by atoms with Crippen LogP contribution in [0.25, 0.3) is 0 Å². The van der Waals surface area contributed by atoms with Crippen molar-refractivity contribution < 1.29 is 15.0 Å². The molecular formula is C18H17NO3. The number of hydrogen-bond acceptors (Lipinski definition) is 3. The Balaban J connectivity index is 1.75. The molecule has 2 N–H and O–H groups in total. The van der Waals surface area contributed by atoms with Crippen molar-refractivity contribution in [3.05, 3.63) is 58.7 Å². The van der Waals surface area contributed by atoms with Crippen molar-refractivity contribution in [1.29, 1.82) is 0 Å². The molecule has 4 nitrogen and oxygen atoms in total. The van der Waals surface area contributed by atoms with Crippen LogP contribution in [0.3, 0.4) is 0 Å². The highest BCUT2D eigenvalue weighted by molar-refractivity contribution is 6.01. The van der Waals surface area contributed by atoms with Gasteiger partial charge in [0.15, 0.2) is 11.5 Å². The molecule has 112 valence electrons. The monoisotopic (exact) mass is 295 g/mol. The highest BCUT2D eigenvalue weighted by Gasteiger charge is 2.37. The molecule has 0 aromatic heterocycles. The molecule has 1 atom stereocenters. The van der Waals surface area contributed by atoms with Crippen molar-refractivity contribution in [1.82, 2.24) is 4.90 Å². The maximum absolute atomic E-state index is 12.7. The molecule has 1 unspecified atom stereocenters. The number of benzene rings is 2. The van der Waals surface area contributed by atoms with Crippen LogP contribution in [0.2, 0.25) is 0 Å². The Morgan fingerprint density at radius 1 is 1.05 bits per heavy atom. The van der Waals surface area contributed by atoms with Crippen molar-refractivity contribution in [2.75, 3.05) is 0 Å². The largest absolute Gasteiger partial charge is 0.504 e. The van der Waals surface area contributed by atoms with E-state index in [1.54, 1.807) is 6.07 Å². The molecule has 4 rings (SSSR count). The van der Waals surface area contributed by atoms with Crippen molar-refractivity contribution in [2.24, 2.45) is 0 Å². The topological polar surface area (TPSA) is 60.8 Å². The summed E-state index contributed by atoms with van der Waals surface area (Å²) in [5, 5.41) is 19.6. The summed E-state index contributed by atoms with van der Waals surface area (Å²) in [7, 11) is 0. The summed E-state index contributed by atoms with van der Waals surface area (Å²) in [5.41, 5.74) is 3.54. The lowest BCUT2D eigenvalue weighted by Crippen LogP contribution is -2.31. The van der Waals surface area contributed by atoms with Crippen LogP contribution >= 0.6 is 0 Å². The number of phenols is 2. The first-order chi connectivity index (χ1) is 10.7. The predicted octanol–water partition coefficient (Wildman–Crippen LogP) is 3.13. The van der Waals surface area contributed by atoms with Gasteiger partial charge in [0.05, 0.1) is 11.6 Å². The SMILES string of the molecule is O=C1c2c(ccc(O)c2O)CN1C1CCCc2ccccc21. The van der Waals surface area contributed by atoms with Crippen molar-refractivity contribution in [2.45, 2.75) is 31.8 Å². The molecule has 22 heavy (non-hydrogen) atoms. The van der Waals surface area contributed by atoms with Gasteiger partial charge in [-0.05, 0) is 42.0 Å². The fourth-order valence-corrected chi connectivity index (χ4v) is 3.70. The molecule has 4 heteroatoms. The van der Waals surface area contributed by atoms with Crippen LogP contribution in [0.4, 0.5) is 0 Å². The summed E-state index contributed by atoms with van der Waals surface area (Å²) < 4.78 is 0. The van der Waals surface area contributed by atoms with Gasteiger partial charge in [-0.1, -0.05) is 30.3 Å². The Morgan fingerprint density at radius 2 is 1.86 bits per heavy atom. The molecule has 1 aliphatic carbocycles. The van der Waals surface area contributed by atoms with Gasteiger partial charge in [0.2, 0.25) is 0 Å². The van der Waals surface area contributed by atoms with E-state index in [4.69, 9.17) is 0 Å². The molecular weight excluding hydrogens is 278 g/mol. The molecule has 2 aliphatic rings. The summed E-state index contributed by atoms with van der Waals surface area (Å²) >= 11 is 0. The highest BCUT2D eigenvalue weighted by Crippen LogP contribution is 2.42. The van der Waals surface area contributed by atoms with E-state index in [1.165, 1.54) is 17.2 Å². The lowest BCUT2D eigenvalue weighted by molar-refractivity contribution is 0.0680. The van der Waals surface area contributed by atoms with Crippen molar-refractivity contribution in [3.8, 4) is 11.5 Å². The number of rotatable bonds is 1. The average Bonchev–Trinajstić information content (AvgIpc) is 2.88. The normalized spacial score (nSPS) is 19.9. The number of carbonyl (C=O) groups excluding carboxylic acids is 1. The standard InChI is InChI=1S/C18H17NO3/c20-15-9-8-12-10-19(18(22)16(12)17(15)21)14-7-3-5-11-4-1-2-6-13(11)14/h1-2,4,6,8-9,14,20-21H,3,5,7,10H2. The van der Waals surface area contributed by atoms with Gasteiger partial charge in [0.1, 0.15) is 0 Å². The first-order valence-electron chi connectivity index (χ1n) is 7.59. The van der Waals surface area contributed by atoms with Gasteiger partial charge in [0.25, 0.3) is 5.91 Å². The summed E-state index contributed by atoms with van der Waals surface area (Å²) in [5.74, 6) is -0.725. The molecule has 0 radical (unpaired) electrons. The molecule has 1 amide bonds. The van der Waals surface area contributed by atoms with Crippen LogP contribution in [-0.4, -0.2) is 21.0 Å². The number of amides is 1. The first-order valence-corrected chi connectivity index (χ1v) is 7.59. The van der Waals surface area contributed by atoms with Gasteiger partial charge in [-0.25, -0.2) is 0 Å². The van der Waals surface area contributed by atoms with Crippen LogP contribution in [0.15, 0.2) is 36.4 Å². The maximum Gasteiger partial charge on any atom is 0.258 e. The molecule has 0 spiro atoms. The third-order valence-electron chi connectivity index (χ3n) is 4.77. The van der Waals surface area contributed by atoms with E-state index in [0.29, 0.717) is 6.54 Å². The van der Waals surface area contributed by atoms with E-state index in [2.05, 4.69) is 12.1 Å². The average molecular weight is 295 g/mol.